The first kappa shape index (κ1) is 24.2. The predicted octanol–water partition coefficient (Wildman–Crippen LogP) is 7.08. The van der Waals surface area contributed by atoms with Gasteiger partial charge in [-0.15, -0.1) is 0 Å². The molecule has 3 aromatic rings. The van der Waals surface area contributed by atoms with Crippen LogP contribution in [-0.4, -0.2) is 30.1 Å². The van der Waals surface area contributed by atoms with Crippen LogP contribution in [-0.2, 0) is 12.6 Å². The maximum absolute atomic E-state index is 13.8. The van der Waals surface area contributed by atoms with E-state index in [0.717, 1.165) is 54.0 Å². The Labute approximate surface area is 208 Å². The Hall–Kier alpha value is -3.55. The molecule has 0 radical (unpaired) electrons. The number of hydrogen-bond donors (Lipinski definition) is 1. The number of anilines is 3. The fraction of sp³-hybridized carbons (Fsp3) is 0.357. The van der Waals surface area contributed by atoms with E-state index >= 15 is 0 Å². The van der Waals surface area contributed by atoms with E-state index < -0.39 is 11.7 Å². The van der Waals surface area contributed by atoms with Crippen molar-refractivity contribution in [2.24, 2.45) is 0 Å². The highest BCUT2D eigenvalue weighted by atomic mass is 19.4. The third-order valence-corrected chi connectivity index (χ3v) is 7.07. The van der Waals surface area contributed by atoms with Gasteiger partial charge in [0.1, 0.15) is 0 Å². The number of urea groups is 1. The SMILES string of the molecule is CCc1cccc(C(C)C)c1NC(=O)N1c2nc(-c3cccc(C(F)(F)F)c3)ccc2N2CCC1C2. The molecule has 2 bridgehead atoms. The van der Waals surface area contributed by atoms with Crippen molar-refractivity contribution in [3.05, 3.63) is 71.3 Å². The Bertz CT molecular complexity index is 1300. The third kappa shape index (κ3) is 4.29. The summed E-state index contributed by atoms with van der Waals surface area (Å²) in [5.41, 5.74) is 3.81. The summed E-state index contributed by atoms with van der Waals surface area (Å²) in [6, 6.07) is 14.5. The molecule has 0 saturated carbocycles. The highest BCUT2D eigenvalue weighted by Gasteiger charge is 2.40. The van der Waals surface area contributed by atoms with Crippen LogP contribution in [0.3, 0.4) is 0 Å². The smallest absolute Gasteiger partial charge is 0.366 e. The average molecular weight is 495 g/mol. The molecule has 1 unspecified atom stereocenters. The van der Waals surface area contributed by atoms with Crippen molar-refractivity contribution in [2.45, 2.75) is 51.7 Å². The molecule has 0 aliphatic carbocycles. The number of para-hydroxylation sites is 1. The van der Waals surface area contributed by atoms with E-state index in [4.69, 9.17) is 4.98 Å². The minimum atomic E-state index is -4.44. The Kier molecular flexibility index (Phi) is 6.14. The highest BCUT2D eigenvalue weighted by molar-refractivity contribution is 6.05. The third-order valence-electron chi connectivity index (χ3n) is 7.07. The van der Waals surface area contributed by atoms with Crippen LogP contribution in [0.25, 0.3) is 11.3 Å². The molecule has 36 heavy (non-hydrogen) atoms. The number of halogens is 3. The molecule has 2 aromatic carbocycles. The first-order valence-corrected chi connectivity index (χ1v) is 12.3. The van der Waals surface area contributed by atoms with Crippen molar-refractivity contribution in [3.63, 3.8) is 0 Å². The fourth-order valence-corrected chi connectivity index (χ4v) is 5.20. The number of alkyl halides is 3. The van der Waals surface area contributed by atoms with Gasteiger partial charge in [0.05, 0.1) is 23.0 Å². The first-order chi connectivity index (χ1) is 17.2. The summed E-state index contributed by atoms with van der Waals surface area (Å²) in [7, 11) is 0. The van der Waals surface area contributed by atoms with Gasteiger partial charge in [0.25, 0.3) is 0 Å². The number of carbonyl (C=O) groups excluding carboxylic acids is 1. The number of hydrogen-bond acceptors (Lipinski definition) is 3. The number of amides is 2. The van der Waals surface area contributed by atoms with Gasteiger partial charge in [-0.1, -0.05) is 51.1 Å². The Morgan fingerprint density at radius 3 is 2.64 bits per heavy atom. The van der Waals surface area contributed by atoms with Crippen LogP contribution in [0.2, 0.25) is 0 Å². The summed E-state index contributed by atoms with van der Waals surface area (Å²) in [4.78, 5) is 22.4. The summed E-state index contributed by atoms with van der Waals surface area (Å²) < 4.78 is 39.9. The molecule has 1 saturated heterocycles. The van der Waals surface area contributed by atoms with Crippen molar-refractivity contribution in [2.75, 3.05) is 28.2 Å². The van der Waals surface area contributed by atoms with Gasteiger partial charge in [0.15, 0.2) is 5.82 Å². The zero-order valence-electron chi connectivity index (χ0n) is 20.6. The predicted molar refractivity (Wildman–Crippen MR) is 137 cm³/mol. The van der Waals surface area contributed by atoms with Crippen molar-refractivity contribution in [1.82, 2.24) is 4.98 Å². The number of carbonyl (C=O) groups is 1. The molecular formula is C28H29F3N4O. The molecule has 1 atom stereocenters. The maximum Gasteiger partial charge on any atom is 0.416 e. The zero-order valence-corrected chi connectivity index (χ0v) is 20.6. The number of nitrogens with one attached hydrogen (secondary N) is 1. The van der Waals surface area contributed by atoms with Gasteiger partial charge >= 0.3 is 12.2 Å². The van der Waals surface area contributed by atoms with Gasteiger partial charge in [-0.2, -0.15) is 13.2 Å². The second-order valence-electron chi connectivity index (χ2n) is 9.70. The first-order valence-electron chi connectivity index (χ1n) is 12.3. The minimum Gasteiger partial charge on any atom is -0.366 e. The molecule has 3 heterocycles. The molecule has 2 aliphatic rings. The largest absolute Gasteiger partial charge is 0.416 e. The molecule has 1 aromatic heterocycles. The van der Waals surface area contributed by atoms with Crippen LogP contribution in [0.5, 0.6) is 0 Å². The number of aromatic nitrogens is 1. The van der Waals surface area contributed by atoms with Crippen molar-refractivity contribution in [1.29, 1.82) is 0 Å². The van der Waals surface area contributed by atoms with Crippen LogP contribution in [0.1, 0.15) is 49.8 Å². The van der Waals surface area contributed by atoms with E-state index in [9.17, 15) is 18.0 Å². The van der Waals surface area contributed by atoms with Crippen LogP contribution in [0, 0.1) is 0 Å². The molecule has 1 fully saturated rings. The molecule has 188 valence electrons. The van der Waals surface area contributed by atoms with E-state index in [0.29, 0.717) is 23.6 Å². The van der Waals surface area contributed by atoms with Crippen LogP contribution in [0.15, 0.2) is 54.6 Å². The summed E-state index contributed by atoms with van der Waals surface area (Å²) in [5.74, 6) is 0.712. The van der Waals surface area contributed by atoms with Crippen molar-refractivity contribution >= 4 is 23.2 Å². The summed E-state index contributed by atoms with van der Waals surface area (Å²) in [6.07, 6.45) is -2.86. The Morgan fingerprint density at radius 2 is 1.92 bits per heavy atom. The van der Waals surface area contributed by atoms with Crippen LogP contribution >= 0.6 is 0 Å². The van der Waals surface area contributed by atoms with Crippen molar-refractivity contribution < 1.29 is 18.0 Å². The second kappa shape index (κ2) is 9.15. The Morgan fingerprint density at radius 1 is 1.14 bits per heavy atom. The highest BCUT2D eigenvalue weighted by Crippen LogP contribution is 2.41. The second-order valence-corrected chi connectivity index (χ2v) is 9.70. The van der Waals surface area contributed by atoms with E-state index in [2.05, 4.69) is 31.0 Å². The van der Waals surface area contributed by atoms with Gasteiger partial charge in [-0.3, -0.25) is 4.90 Å². The summed E-state index contributed by atoms with van der Waals surface area (Å²) in [6.45, 7) is 7.76. The zero-order chi connectivity index (χ0) is 25.6. The molecule has 5 rings (SSSR count). The van der Waals surface area contributed by atoms with Gasteiger partial charge in [-0.05, 0) is 54.2 Å². The lowest BCUT2D eigenvalue weighted by Gasteiger charge is -2.36. The molecule has 2 aliphatic heterocycles. The number of pyridine rings is 1. The van der Waals surface area contributed by atoms with Gasteiger partial charge in [-0.25, -0.2) is 9.78 Å². The van der Waals surface area contributed by atoms with Gasteiger partial charge < -0.3 is 10.2 Å². The number of benzene rings is 2. The van der Waals surface area contributed by atoms with E-state index in [1.165, 1.54) is 6.07 Å². The van der Waals surface area contributed by atoms with Gasteiger partial charge in [0, 0.05) is 24.3 Å². The molecule has 0 spiro atoms. The van der Waals surface area contributed by atoms with E-state index in [1.807, 2.05) is 24.3 Å². The number of fused-ring (bicyclic) bond motifs is 4. The fourth-order valence-electron chi connectivity index (χ4n) is 5.20. The lowest BCUT2D eigenvalue weighted by atomic mass is 9.96. The lowest BCUT2D eigenvalue weighted by molar-refractivity contribution is -0.137. The number of rotatable bonds is 4. The molecule has 8 heteroatoms. The maximum atomic E-state index is 13.8. The summed E-state index contributed by atoms with van der Waals surface area (Å²) in [5, 5.41) is 3.17. The lowest BCUT2D eigenvalue weighted by Crippen LogP contribution is -2.48. The molecule has 2 amide bonds. The number of nitrogens with zero attached hydrogens (tertiary/aromatic N) is 3. The molecule has 5 nitrogen and oxygen atoms in total. The number of aryl methyl sites for hydroxylation is 1. The van der Waals surface area contributed by atoms with Gasteiger partial charge in [0.2, 0.25) is 0 Å². The Balaban J connectivity index is 1.55. The van der Waals surface area contributed by atoms with E-state index in [-0.39, 0.29) is 18.0 Å². The van der Waals surface area contributed by atoms with E-state index in [1.54, 1.807) is 17.0 Å². The molecular weight excluding hydrogens is 465 g/mol. The van der Waals surface area contributed by atoms with Crippen molar-refractivity contribution in [3.8, 4) is 11.3 Å². The molecule has 1 N–H and O–H groups in total. The standard InChI is InChI=1S/C28H29F3N4O/c1-4-18-7-6-10-22(17(2)3)25(18)33-27(36)35-21-13-14-34(16-21)24-12-11-23(32-26(24)35)19-8-5-9-20(15-19)28(29,30)31/h5-12,15,17,21H,4,13-14,16H2,1-3H3,(H,33,36). The summed E-state index contributed by atoms with van der Waals surface area (Å²) >= 11 is 0. The van der Waals surface area contributed by atoms with Crippen LogP contribution < -0.4 is 15.1 Å². The quantitative estimate of drug-likeness (QED) is 0.421. The minimum absolute atomic E-state index is 0.0574. The van der Waals surface area contributed by atoms with Crippen LogP contribution in [0.4, 0.5) is 35.2 Å². The monoisotopic (exact) mass is 494 g/mol. The topological polar surface area (TPSA) is 48.5 Å². The average Bonchev–Trinajstić information content (AvgIpc) is 3.27. The normalized spacial score (nSPS) is 16.9.